The second-order valence-electron chi connectivity index (χ2n) is 6.60. The van der Waals surface area contributed by atoms with Gasteiger partial charge in [0.05, 0.1) is 18.6 Å². The van der Waals surface area contributed by atoms with Gasteiger partial charge in [-0.25, -0.2) is 0 Å². The maximum Gasteiger partial charge on any atom is 0.309 e. The van der Waals surface area contributed by atoms with E-state index in [1.165, 1.54) is 39.2 Å². The summed E-state index contributed by atoms with van der Waals surface area (Å²) in [6.45, 7) is 3.58. The molecule has 2 atom stereocenters. The van der Waals surface area contributed by atoms with Crippen LogP contribution in [0.4, 0.5) is 0 Å². The molecule has 4 heteroatoms. The minimum atomic E-state index is -0.115. The predicted octanol–water partition coefficient (Wildman–Crippen LogP) is 2.61. The van der Waals surface area contributed by atoms with E-state index in [1.54, 1.807) is 0 Å². The molecule has 1 saturated carbocycles. The maximum atomic E-state index is 11.6. The van der Waals surface area contributed by atoms with Crippen LogP contribution < -0.4 is 0 Å². The molecular weight excluding hydrogens is 254 g/mol. The zero-order valence-electron chi connectivity index (χ0n) is 13.2. The molecule has 2 fully saturated rings. The zero-order chi connectivity index (χ0) is 14.6. The first-order valence-corrected chi connectivity index (χ1v) is 7.98. The van der Waals surface area contributed by atoms with Crippen molar-refractivity contribution in [3.63, 3.8) is 0 Å². The molecule has 2 unspecified atom stereocenters. The SMILES string of the molecule is COC(=O)C(C)CN(C)C1CCOC2(CCCCC2)C1. The summed E-state index contributed by atoms with van der Waals surface area (Å²) >= 11 is 0. The van der Waals surface area contributed by atoms with Gasteiger partial charge in [0.15, 0.2) is 0 Å². The summed E-state index contributed by atoms with van der Waals surface area (Å²) in [4.78, 5) is 13.9. The van der Waals surface area contributed by atoms with Gasteiger partial charge in [-0.3, -0.25) is 4.79 Å². The van der Waals surface area contributed by atoms with Crippen LogP contribution in [0.25, 0.3) is 0 Å². The Morgan fingerprint density at radius 3 is 2.75 bits per heavy atom. The van der Waals surface area contributed by atoms with Crippen LogP contribution in [-0.4, -0.2) is 49.8 Å². The molecule has 2 rings (SSSR count). The fraction of sp³-hybridized carbons (Fsp3) is 0.938. The van der Waals surface area contributed by atoms with Gasteiger partial charge < -0.3 is 14.4 Å². The summed E-state index contributed by atoms with van der Waals surface area (Å²) < 4.78 is 11.0. The third-order valence-electron chi connectivity index (χ3n) is 5.02. The molecule has 0 N–H and O–H groups in total. The van der Waals surface area contributed by atoms with Crippen LogP contribution in [0.2, 0.25) is 0 Å². The standard InChI is InChI=1S/C16H29NO3/c1-13(15(18)19-3)12-17(2)14-7-10-20-16(11-14)8-5-4-6-9-16/h13-14H,4-12H2,1-3H3. The Morgan fingerprint density at radius 1 is 1.40 bits per heavy atom. The minimum absolute atomic E-state index is 0.0600. The number of ether oxygens (including phenoxy) is 2. The second kappa shape index (κ2) is 6.90. The van der Waals surface area contributed by atoms with Crippen molar-refractivity contribution in [2.24, 2.45) is 5.92 Å². The highest BCUT2D eigenvalue weighted by Gasteiger charge is 2.39. The van der Waals surface area contributed by atoms with E-state index in [0.717, 1.165) is 26.0 Å². The van der Waals surface area contributed by atoms with Crippen molar-refractivity contribution in [2.75, 3.05) is 27.3 Å². The summed E-state index contributed by atoms with van der Waals surface area (Å²) in [6, 6.07) is 0.536. The minimum Gasteiger partial charge on any atom is -0.469 e. The summed E-state index contributed by atoms with van der Waals surface area (Å²) in [5.74, 6) is -0.175. The van der Waals surface area contributed by atoms with Crippen LogP contribution in [0.5, 0.6) is 0 Å². The van der Waals surface area contributed by atoms with Crippen molar-refractivity contribution in [1.82, 2.24) is 4.90 Å². The molecule has 1 aliphatic heterocycles. The van der Waals surface area contributed by atoms with E-state index in [2.05, 4.69) is 11.9 Å². The molecule has 0 bridgehead atoms. The van der Waals surface area contributed by atoms with E-state index in [0.29, 0.717) is 6.04 Å². The van der Waals surface area contributed by atoms with Crippen LogP contribution in [0.15, 0.2) is 0 Å². The molecule has 20 heavy (non-hydrogen) atoms. The number of methoxy groups -OCH3 is 1. The number of carbonyl (C=O) groups is 1. The van der Waals surface area contributed by atoms with Crippen molar-refractivity contribution in [2.45, 2.75) is 63.5 Å². The number of carbonyl (C=O) groups excluding carboxylic acids is 1. The third-order valence-corrected chi connectivity index (χ3v) is 5.02. The van der Waals surface area contributed by atoms with Gasteiger partial charge in [0, 0.05) is 19.2 Å². The van der Waals surface area contributed by atoms with Crippen molar-refractivity contribution >= 4 is 5.97 Å². The quantitative estimate of drug-likeness (QED) is 0.743. The second-order valence-corrected chi connectivity index (χ2v) is 6.60. The number of hydrogen-bond donors (Lipinski definition) is 0. The van der Waals surface area contributed by atoms with E-state index in [-0.39, 0.29) is 17.5 Å². The molecule has 1 heterocycles. The highest BCUT2D eigenvalue weighted by atomic mass is 16.5. The van der Waals surface area contributed by atoms with Gasteiger partial charge in [-0.15, -0.1) is 0 Å². The fourth-order valence-corrected chi connectivity index (χ4v) is 3.78. The van der Waals surface area contributed by atoms with Crippen LogP contribution in [0, 0.1) is 5.92 Å². The van der Waals surface area contributed by atoms with Crippen LogP contribution >= 0.6 is 0 Å². The maximum absolute atomic E-state index is 11.6. The van der Waals surface area contributed by atoms with Crippen LogP contribution in [0.3, 0.4) is 0 Å². The highest BCUT2D eigenvalue weighted by Crippen LogP contribution is 2.39. The Morgan fingerprint density at radius 2 is 2.10 bits per heavy atom. The summed E-state index contributed by atoms with van der Waals surface area (Å²) in [7, 11) is 3.59. The number of nitrogens with zero attached hydrogens (tertiary/aromatic N) is 1. The first-order valence-electron chi connectivity index (χ1n) is 7.98. The Hall–Kier alpha value is -0.610. The van der Waals surface area contributed by atoms with Gasteiger partial charge in [0.1, 0.15) is 0 Å². The molecule has 4 nitrogen and oxygen atoms in total. The molecule has 0 aromatic carbocycles. The average molecular weight is 283 g/mol. The Labute approximate surface area is 122 Å². The molecule has 0 amide bonds. The number of esters is 1. The van der Waals surface area contributed by atoms with Crippen LogP contribution in [0.1, 0.15) is 51.9 Å². The van der Waals surface area contributed by atoms with Crippen LogP contribution in [-0.2, 0) is 14.3 Å². The van der Waals surface area contributed by atoms with Crippen molar-refractivity contribution in [1.29, 1.82) is 0 Å². The zero-order valence-corrected chi connectivity index (χ0v) is 13.2. The lowest BCUT2D eigenvalue weighted by Crippen LogP contribution is -2.49. The Kier molecular flexibility index (Phi) is 5.44. The smallest absolute Gasteiger partial charge is 0.309 e. The average Bonchev–Trinajstić information content (AvgIpc) is 2.47. The lowest BCUT2D eigenvalue weighted by atomic mass is 9.78. The summed E-state index contributed by atoms with van der Waals surface area (Å²) in [5.41, 5.74) is 0.129. The predicted molar refractivity (Wildman–Crippen MR) is 78.6 cm³/mol. The van der Waals surface area contributed by atoms with E-state index < -0.39 is 0 Å². The highest BCUT2D eigenvalue weighted by molar-refractivity contribution is 5.72. The van der Waals surface area contributed by atoms with E-state index in [9.17, 15) is 4.79 Å². The molecule has 1 aliphatic carbocycles. The van der Waals surface area contributed by atoms with Gasteiger partial charge in [0.25, 0.3) is 0 Å². The molecule has 1 spiro atoms. The van der Waals surface area contributed by atoms with Gasteiger partial charge in [-0.2, -0.15) is 0 Å². The number of rotatable bonds is 4. The molecule has 0 radical (unpaired) electrons. The number of hydrogen-bond acceptors (Lipinski definition) is 4. The van der Waals surface area contributed by atoms with Crippen molar-refractivity contribution < 1.29 is 14.3 Å². The summed E-state index contributed by atoms with van der Waals surface area (Å²) in [6.07, 6.45) is 8.58. The van der Waals surface area contributed by atoms with E-state index in [1.807, 2.05) is 6.92 Å². The van der Waals surface area contributed by atoms with E-state index >= 15 is 0 Å². The molecule has 0 aromatic heterocycles. The molecule has 2 aliphatic rings. The van der Waals surface area contributed by atoms with Gasteiger partial charge in [0.2, 0.25) is 0 Å². The van der Waals surface area contributed by atoms with Gasteiger partial charge in [-0.05, 0) is 32.7 Å². The fourth-order valence-electron chi connectivity index (χ4n) is 3.78. The monoisotopic (exact) mass is 283 g/mol. The molecule has 116 valence electrons. The van der Waals surface area contributed by atoms with Crippen molar-refractivity contribution in [3.05, 3.63) is 0 Å². The summed E-state index contributed by atoms with van der Waals surface area (Å²) in [5, 5.41) is 0. The first kappa shape index (κ1) is 15.8. The molecule has 0 aromatic rings. The van der Waals surface area contributed by atoms with Gasteiger partial charge in [-0.1, -0.05) is 26.2 Å². The first-order chi connectivity index (χ1) is 9.56. The lowest BCUT2D eigenvalue weighted by molar-refractivity contribution is -0.146. The topological polar surface area (TPSA) is 38.8 Å². The Balaban J connectivity index is 1.89. The third kappa shape index (κ3) is 3.73. The van der Waals surface area contributed by atoms with Gasteiger partial charge >= 0.3 is 5.97 Å². The Bertz CT molecular complexity index is 320. The lowest BCUT2D eigenvalue weighted by Gasteiger charge is -2.46. The van der Waals surface area contributed by atoms with E-state index in [4.69, 9.17) is 9.47 Å². The molecule has 1 saturated heterocycles. The molecular formula is C16H29NO3. The van der Waals surface area contributed by atoms with Crippen molar-refractivity contribution in [3.8, 4) is 0 Å². The normalized spacial score (nSPS) is 27.5. The largest absolute Gasteiger partial charge is 0.469 e.